The van der Waals surface area contributed by atoms with Gasteiger partial charge in [0.05, 0.1) is 5.41 Å². The first-order valence-electron chi connectivity index (χ1n) is 15.7. The van der Waals surface area contributed by atoms with Gasteiger partial charge in [0.2, 0.25) is 11.8 Å². The number of hydrogen-bond acceptors (Lipinski definition) is 4. The molecule has 3 N–H and O–H groups in total. The van der Waals surface area contributed by atoms with Crippen LogP contribution in [0.1, 0.15) is 44.7 Å². The topological polar surface area (TPSA) is 93.8 Å². The molecule has 8 heteroatoms. The third-order valence-electron chi connectivity index (χ3n) is 8.79. The van der Waals surface area contributed by atoms with Crippen LogP contribution in [0.4, 0.5) is 4.79 Å². The van der Waals surface area contributed by atoms with E-state index in [1.807, 2.05) is 60.4 Å². The highest BCUT2D eigenvalue weighted by molar-refractivity contribution is 5.90. The van der Waals surface area contributed by atoms with Gasteiger partial charge in [0.1, 0.15) is 6.04 Å². The number of likely N-dealkylation sites (tertiary alicyclic amines) is 1. The molecule has 2 fully saturated rings. The fourth-order valence-corrected chi connectivity index (χ4v) is 6.82. The van der Waals surface area contributed by atoms with Crippen LogP contribution in [0.5, 0.6) is 0 Å². The van der Waals surface area contributed by atoms with Crippen molar-refractivity contribution in [2.45, 2.75) is 64.6 Å². The van der Waals surface area contributed by atoms with Crippen molar-refractivity contribution in [3.8, 4) is 0 Å². The van der Waals surface area contributed by atoms with Gasteiger partial charge < -0.3 is 25.8 Å². The van der Waals surface area contributed by atoms with Gasteiger partial charge in [-0.25, -0.2) is 4.79 Å². The van der Waals surface area contributed by atoms with Crippen LogP contribution in [0, 0.1) is 5.41 Å². The lowest BCUT2D eigenvalue weighted by atomic mass is 9.74. The van der Waals surface area contributed by atoms with E-state index in [-0.39, 0.29) is 29.9 Å². The summed E-state index contributed by atoms with van der Waals surface area (Å²) < 4.78 is 0. The highest BCUT2D eigenvalue weighted by Gasteiger charge is 2.44. The zero-order valence-corrected chi connectivity index (χ0v) is 25.6. The average molecular weight is 584 g/mol. The minimum Gasteiger partial charge on any atom is -0.356 e. The number of benzene rings is 3. The molecule has 0 radical (unpaired) electrons. The lowest BCUT2D eigenvalue weighted by Gasteiger charge is -2.43. The predicted molar refractivity (Wildman–Crippen MR) is 171 cm³/mol. The number of carbonyl (C=O) groups excluding carboxylic acids is 3. The minimum atomic E-state index is -0.754. The molecule has 5 rings (SSSR count). The fourth-order valence-electron chi connectivity index (χ4n) is 6.82. The lowest BCUT2D eigenvalue weighted by molar-refractivity contribution is -0.142. The maximum Gasteiger partial charge on any atom is 0.318 e. The molecular weight excluding hydrogens is 538 g/mol. The summed E-state index contributed by atoms with van der Waals surface area (Å²) in [6, 6.07) is 23.7. The standard InChI is InChI=1S/C35H45N5O3/c1-4-36-33(42)35(21-27-11-6-5-7-12-27)17-10-18-39(24-35)32(41)31(38-34(43)40-22-25(2)37-26(3)23-40)20-28-15-16-29-13-8-9-14-30(29)19-28/h5-9,11-16,19,25-26,31,37H,4,10,17-18,20-24H2,1-3H3,(H,36,42)(H,38,43)/t25?,26?,31-,35+/m1/s1. The van der Waals surface area contributed by atoms with Crippen molar-refractivity contribution in [3.05, 3.63) is 83.9 Å². The zero-order valence-electron chi connectivity index (χ0n) is 25.6. The molecule has 0 saturated carbocycles. The Labute approximate surface area is 255 Å². The van der Waals surface area contributed by atoms with E-state index < -0.39 is 11.5 Å². The first kappa shape index (κ1) is 30.5. The molecule has 8 nitrogen and oxygen atoms in total. The van der Waals surface area contributed by atoms with Gasteiger partial charge in [-0.3, -0.25) is 9.59 Å². The third-order valence-corrected chi connectivity index (χ3v) is 8.79. The van der Waals surface area contributed by atoms with Gasteiger partial charge >= 0.3 is 6.03 Å². The van der Waals surface area contributed by atoms with E-state index in [1.54, 1.807) is 4.90 Å². The smallest absolute Gasteiger partial charge is 0.318 e. The Morgan fingerprint density at radius 2 is 1.60 bits per heavy atom. The molecule has 4 atom stereocenters. The highest BCUT2D eigenvalue weighted by Crippen LogP contribution is 2.35. The maximum atomic E-state index is 14.4. The van der Waals surface area contributed by atoms with Crippen LogP contribution in [-0.4, -0.2) is 78.5 Å². The van der Waals surface area contributed by atoms with Crippen molar-refractivity contribution in [1.29, 1.82) is 0 Å². The van der Waals surface area contributed by atoms with E-state index in [4.69, 9.17) is 0 Å². The molecule has 0 bridgehead atoms. The minimum absolute atomic E-state index is 0.0183. The Kier molecular flexibility index (Phi) is 9.65. The molecule has 3 aromatic rings. The summed E-state index contributed by atoms with van der Waals surface area (Å²) in [5.41, 5.74) is 1.33. The lowest BCUT2D eigenvalue weighted by Crippen LogP contribution is -2.62. The largest absolute Gasteiger partial charge is 0.356 e. The molecule has 2 heterocycles. The number of fused-ring (bicyclic) bond motifs is 1. The second-order valence-electron chi connectivity index (χ2n) is 12.4. The molecular formula is C35H45N5O3. The molecule has 43 heavy (non-hydrogen) atoms. The predicted octanol–water partition coefficient (Wildman–Crippen LogP) is 4.13. The number of rotatable bonds is 8. The van der Waals surface area contributed by atoms with Gasteiger partial charge in [0, 0.05) is 51.2 Å². The normalized spacial score (nSPS) is 23.0. The summed E-state index contributed by atoms with van der Waals surface area (Å²) in [7, 11) is 0. The summed E-state index contributed by atoms with van der Waals surface area (Å²) in [6.45, 7) is 8.61. The van der Waals surface area contributed by atoms with Crippen LogP contribution in [0.15, 0.2) is 72.8 Å². The second-order valence-corrected chi connectivity index (χ2v) is 12.4. The van der Waals surface area contributed by atoms with Crippen LogP contribution in [0.3, 0.4) is 0 Å². The highest BCUT2D eigenvalue weighted by atomic mass is 16.2. The van der Waals surface area contributed by atoms with E-state index in [0.29, 0.717) is 52.0 Å². The van der Waals surface area contributed by atoms with E-state index in [9.17, 15) is 14.4 Å². The average Bonchev–Trinajstić information content (AvgIpc) is 3.00. The third kappa shape index (κ3) is 7.36. The Bertz CT molecular complexity index is 1420. The van der Waals surface area contributed by atoms with Gasteiger partial charge in [-0.2, -0.15) is 0 Å². The second kappa shape index (κ2) is 13.6. The Morgan fingerprint density at radius 1 is 0.907 bits per heavy atom. The van der Waals surface area contributed by atoms with Gasteiger partial charge in [-0.1, -0.05) is 72.8 Å². The summed E-state index contributed by atoms with van der Waals surface area (Å²) in [6.07, 6.45) is 2.35. The molecule has 0 aliphatic carbocycles. The van der Waals surface area contributed by atoms with Crippen LogP contribution >= 0.6 is 0 Å². The quantitative estimate of drug-likeness (QED) is 0.372. The van der Waals surface area contributed by atoms with Crippen LogP contribution in [0.2, 0.25) is 0 Å². The van der Waals surface area contributed by atoms with E-state index in [1.165, 1.54) is 0 Å². The van der Waals surface area contributed by atoms with Crippen LogP contribution in [0.25, 0.3) is 10.8 Å². The fraction of sp³-hybridized carbons (Fsp3) is 0.457. The SMILES string of the molecule is CCNC(=O)[C@]1(Cc2ccccc2)CCCN(C(=O)[C@@H](Cc2ccc3ccccc3c2)NC(=O)N2CC(C)NC(C)C2)C1. The molecule has 4 amide bonds. The summed E-state index contributed by atoms with van der Waals surface area (Å²) in [5.74, 6) is -0.158. The van der Waals surface area contributed by atoms with Gasteiger partial charge in [0.15, 0.2) is 0 Å². The number of nitrogens with zero attached hydrogens (tertiary/aromatic N) is 2. The van der Waals surface area contributed by atoms with Gasteiger partial charge in [-0.15, -0.1) is 0 Å². The summed E-state index contributed by atoms with van der Waals surface area (Å²) >= 11 is 0. The molecule has 3 aromatic carbocycles. The Hall–Kier alpha value is -3.91. The van der Waals surface area contributed by atoms with Crippen molar-refractivity contribution < 1.29 is 14.4 Å². The van der Waals surface area contributed by atoms with Gasteiger partial charge in [-0.05, 0) is 61.9 Å². The number of carbonyl (C=O) groups is 3. The number of nitrogens with one attached hydrogen (secondary N) is 3. The monoisotopic (exact) mass is 583 g/mol. The van der Waals surface area contributed by atoms with Crippen LogP contribution < -0.4 is 16.0 Å². The maximum absolute atomic E-state index is 14.4. The van der Waals surface area contributed by atoms with E-state index in [2.05, 4.69) is 54.1 Å². The summed E-state index contributed by atoms with van der Waals surface area (Å²) in [5, 5.41) is 11.9. The number of piperazine rings is 1. The summed E-state index contributed by atoms with van der Waals surface area (Å²) in [4.78, 5) is 45.2. The molecule has 2 saturated heterocycles. The van der Waals surface area contributed by atoms with Crippen LogP contribution in [-0.2, 0) is 22.4 Å². The zero-order chi connectivity index (χ0) is 30.4. The Balaban J connectivity index is 1.41. The molecule has 0 aromatic heterocycles. The molecule has 0 spiro atoms. The first-order valence-corrected chi connectivity index (χ1v) is 15.7. The molecule has 2 aliphatic rings. The number of hydrogen-bond donors (Lipinski definition) is 3. The van der Waals surface area contributed by atoms with Crippen molar-refractivity contribution in [3.63, 3.8) is 0 Å². The number of urea groups is 1. The number of piperidine rings is 1. The van der Waals surface area contributed by atoms with Crippen molar-refractivity contribution in [2.75, 3.05) is 32.7 Å². The number of amides is 4. The molecule has 228 valence electrons. The van der Waals surface area contributed by atoms with E-state index >= 15 is 0 Å². The van der Waals surface area contributed by atoms with Crippen molar-refractivity contribution in [1.82, 2.24) is 25.8 Å². The van der Waals surface area contributed by atoms with E-state index in [0.717, 1.165) is 28.3 Å². The Morgan fingerprint density at radius 3 is 2.33 bits per heavy atom. The molecule has 2 unspecified atom stereocenters. The first-order chi connectivity index (χ1) is 20.8. The molecule has 2 aliphatic heterocycles. The van der Waals surface area contributed by atoms with Crippen molar-refractivity contribution >= 4 is 28.6 Å². The van der Waals surface area contributed by atoms with Crippen molar-refractivity contribution in [2.24, 2.45) is 5.41 Å². The van der Waals surface area contributed by atoms with Gasteiger partial charge in [0.25, 0.3) is 0 Å².